The Labute approximate surface area is 77.3 Å². The molecule has 1 aliphatic carbocycles. The average molecular weight is 179 g/mol. The van der Waals surface area contributed by atoms with Crippen molar-refractivity contribution in [2.75, 3.05) is 6.26 Å². The number of aryl methyl sites for hydroxylation is 1. The van der Waals surface area contributed by atoms with Gasteiger partial charge in [0.15, 0.2) is 0 Å². The zero-order valence-corrected chi connectivity index (χ0v) is 8.03. The second kappa shape index (κ2) is 3.11. The van der Waals surface area contributed by atoms with Crippen LogP contribution in [0.2, 0.25) is 0 Å². The minimum Gasteiger partial charge on any atom is -0.324 e. The molecule has 1 aromatic rings. The van der Waals surface area contributed by atoms with E-state index in [0.717, 1.165) is 12.8 Å². The molecule has 0 radical (unpaired) electrons. The molecule has 0 spiro atoms. The second-order valence-electron chi connectivity index (χ2n) is 3.21. The molecular weight excluding hydrogens is 166 g/mol. The smallest absolute Gasteiger partial charge is 0.0301 e. The number of rotatable bonds is 1. The molecule has 2 rings (SSSR count). The molecule has 0 aliphatic heterocycles. The van der Waals surface area contributed by atoms with Gasteiger partial charge in [0.2, 0.25) is 0 Å². The van der Waals surface area contributed by atoms with Crippen LogP contribution in [0.3, 0.4) is 0 Å². The first kappa shape index (κ1) is 8.14. The van der Waals surface area contributed by atoms with Crippen LogP contribution in [-0.4, -0.2) is 6.26 Å². The molecule has 0 fully saturated rings. The first-order valence-electron chi connectivity index (χ1n) is 4.23. The van der Waals surface area contributed by atoms with Gasteiger partial charge < -0.3 is 5.73 Å². The maximum absolute atomic E-state index is 5.96. The van der Waals surface area contributed by atoms with E-state index in [1.54, 1.807) is 11.8 Å². The molecule has 2 heteroatoms. The molecule has 1 aliphatic rings. The van der Waals surface area contributed by atoms with Crippen molar-refractivity contribution in [2.24, 2.45) is 5.73 Å². The van der Waals surface area contributed by atoms with Gasteiger partial charge in [0, 0.05) is 10.9 Å². The number of nitrogens with two attached hydrogens (primary N) is 1. The number of hydrogen-bond acceptors (Lipinski definition) is 2. The van der Waals surface area contributed by atoms with Crippen molar-refractivity contribution in [2.45, 2.75) is 23.8 Å². The lowest BCUT2D eigenvalue weighted by Gasteiger charge is -2.05. The lowest BCUT2D eigenvalue weighted by molar-refractivity contribution is 0.712. The number of thioether (sulfide) groups is 1. The van der Waals surface area contributed by atoms with Crippen molar-refractivity contribution < 1.29 is 0 Å². The Morgan fingerprint density at radius 1 is 1.50 bits per heavy atom. The van der Waals surface area contributed by atoms with E-state index in [-0.39, 0.29) is 6.04 Å². The third kappa shape index (κ3) is 1.25. The van der Waals surface area contributed by atoms with E-state index in [4.69, 9.17) is 5.73 Å². The SMILES string of the molecule is CSc1ccc2c(c1)C(N)CC2. The maximum atomic E-state index is 5.96. The molecule has 1 unspecified atom stereocenters. The Kier molecular flexibility index (Phi) is 2.11. The van der Waals surface area contributed by atoms with E-state index < -0.39 is 0 Å². The third-order valence-electron chi connectivity index (χ3n) is 2.48. The van der Waals surface area contributed by atoms with E-state index in [9.17, 15) is 0 Å². The fourth-order valence-electron chi connectivity index (χ4n) is 1.74. The summed E-state index contributed by atoms with van der Waals surface area (Å²) in [6.45, 7) is 0. The van der Waals surface area contributed by atoms with Crippen molar-refractivity contribution in [3.8, 4) is 0 Å². The van der Waals surface area contributed by atoms with Gasteiger partial charge in [0.1, 0.15) is 0 Å². The summed E-state index contributed by atoms with van der Waals surface area (Å²) in [5.74, 6) is 0. The van der Waals surface area contributed by atoms with Crippen LogP contribution in [0.4, 0.5) is 0 Å². The third-order valence-corrected chi connectivity index (χ3v) is 3.20. The highest BCUT2D eigenvalue weighted by atomic mass is 32.2. The monoisotopic (exact) mass is 179 g/mol. The van der Waals surface area contributed by atoms with Gasteiger partial charge in [-0.05, 0) is 42.4 Å². The maximum Gasteiger partial charge on any atom is 0.0301 e. The van der Waals surface area contributed by atoms with Gasteiger partial charge in [-0.15, -0.1) is 11.8 Å². The highest BCUT2D eigenvalue weighted by Crippen LogP contribution is 2.31. The molecule has 2 N–H and O–H groups in total. The van der Waals surface area contributed by atoms with Crippen molar-refractivity contribution >= 4 is 11.8 Å². The molecular formula is C10H13NS. The molecule has 0 bridgehead atoms. The van der Waals surface area contributed by atoms with Crippen LogP contribution in [0.5, 0.6) is 0 Å². The molecule has 0 heterocycles. The van der Waals surface area contributed by atoms with Crippen LogP contribution in [0, 0.1) is 0 Å². The van der Waals surface area contributed by atoms with Crippen molar-refractivity contribution in [1.82, 2.24) is 0 Å². The van der Waals surface area contributed by atoms with E-state index >= 15 is 0 Å². The summed E-state index contributed by atoms with van der Waals surface area (Å²) in [4.78, 5) is 1.33. The Morgan fingerprint density at radius 3 is 3.08 bits per heavy atom. The Hall–Kier alpha value is -0.470. The van der Waals surface area contributed by atoms with E-state index in [0.29, 0.717) is 0 Å². The first-order chi connectivity index (χ1) is 5.81. The molecule has 12 heavy (non-hydrogen) atoms. The molecule has 0 aromatic heterocycles. The van der Waals surface area contributed by atoms with Crippen LogP contribution >= 0.6 is 11.8 Å². The average Bonchev–Trinajstić information content (AvgIpc) is 2.47. The van der Waals surface area contributed by atoms with E-state index in [1.807, 2.05) is 0 Å². The second-order valence-corrected chi connectivity index (χ2v) is 4.09. The molecule has 0 saturated heterocycles. The highest BCUT2D eigenvalue weighted by Gasteiger charge is 2.18. The summed E-state index contributed by atoms with van der Waals surface area (Å²) in [5.41, 5.74) is 8.77. The van der Waals surface area contributed by atoms with Gasteiger partial charge in [-0.2, -0.15) is 0 Å². The van der Waals surface area contributed by atoms with Crippen LogP contribution in [-0.2, 0) is 6.42 Å². The van der Waals surface area contributed by atoms with Crippen LogP contribution in [0.1, 0.15) is 23.6 Å². The summed E-state index contributed by atoms with van der Waals surface area (Å²) in [6.07, 6.45) is 4.38. The first-order valence-corrected chi connectivity index (χ1v) is 5.46. The summed E-state index contributed by atoms with van der Waals surface area (Å²) >= 11 is 1.78. The van der Waals surface area contributed by atoms with Gasteiger partial charge in [-0.25, -0.2) is 0 Å². The van der Waals surface area contributed by atoms with Gasteiger partial charge in [-0.1, -0.05) is 6.07 Å². The molecule has 1 atom stereocenters. The minimum atomic E-state index is 0.284. The quantitative estimate of drug-likeness (QED) is 0.670. The zero-order chi connectivity index (χ0) is 8.55. The normalized spacial score (nSPS) is 21.0. The molecule has 0 amide bonds. The van der Waals surface area contributed by atoms with Crippen LogP contribution < -0.4 is 5.73 Å². The minimum absolute atomic E-state index is 0.284. The number of fused-ring (bicyclic) bond motifs is 1. The summed E-state index contributed by atoms with van der Waals surface area (Å²) in [7, 11) is 0. The molecule has 0 saturated carbocycles. The number of benzene rings is 1. The van der Waals surface area contributed by atoms with Gasteiger partial charge in [-0.3, -0.25) is 0 Å². The van der Waals surface area contributed by atoms with Gasteiger partial charge in [0.25, 0.3) is 0 Å². The fourth-order valence-corrected chi connectivity index (χ4v) is 2.19. The lowest BCUT2D eigenvalue weighted by atomic mass is 10.1. The van der Waals surface area contributed by atoms with Crippen molar-refractivity contribution in [1.29, 1.82) is 0 Å². The Morgan fingerprint density at radius 2 is 2.33 bits per heavy atom. The lowest BCUT2D eigenvalue weighted by Crippen LogP contribution is -2.04. The van der Waals surface area contributed by atoms with Gasteiger partial charge >= 0.3 is 0 Å². The fraction of sp³-hybridized carbons (Fsp3) is 0.400. The van der Waals surface area contributed by atoms with E-state index in [1.165, 1.54) is 16.0 Å². The summed E-state index contributed by atoms with van der Waals surface area (Å²) in [6, 6.07) is 6.92. The molecule has 1 nitrogen and oxygen atoms in total. The topological polar surface area (TPSA) is 26.0 Å². The zero-order valence-electron chi connectivity index (χ0n) is 7.21. The van der Waals surface area contributed by atoms with E-state index in [2.05, 4.69) is 24.5 Å². The predicted octanol–water partition coefficient (Wildman–Crippen LogP) is 2.35. The van der Waals surface area contributed by atoms with Crippen molar-refractivity contribution in [3.63, 3.8) is 0 Å². The highest BCUT2D eigenvalue weighted by molar-refractivity contribution is 7.98. The molecule has 64 valence electrons. The van der Waals surface area contributed by atoms with Gasteiger partial charge in [0.05, 0.1) is 0 Å². The van der Waals surface area contributed by atoms with Crippen LogP contribution in [0.25, 0.3) is 0 Å². The largest absolute Gasteiger partial charge is 0.324 e. The molecule has 1 aromatic carbocycles. The summed E-state index contributed by atoms with van der Waals surface area (Å²) in [5, 5.41) is 0. The van der Waals surface area contributed by atoms with Crippen LogP contribution in [0.15, 0.2) is 23.1 Å². The van der Waals surface area contributed by atoms with Crippen molar-refractivity contribution in [3.05, 3.63) is 29.3 Å². The number of hydrogen-bond donors (Lipinski definition) is 1. The standard InChI is InChI=1S/C10H13NS/c1-12-8-4-2-7-3-5-10(11)9(7)6-8/h2,4,6,10H,3,5,11H2,1H3. The Balaban J connectivity index is 2.43. The predicted molar refractivity (Wildman–Crippen MR) is 53.5 cm³/mol. The summed E-state index contributed by atoms with van der Waals surface area (Å²) < 4.78 is 0. The Bertz CT molecular complexity index is 296.